The molecule has 0 bridgehead atoms. The summed E-state index contributed by atoms with van der Waals surface area (Å²) < 4.78 is 6.12. The molecule has 26 heavy (non-hydrogen) atoms. The number of benzene rings is 5. The molecule has 0 aliphatic heterocycles. The van der Waals surface area contributed by atoms with Crippen LogP contribution in [0, 0.1) is 0 Å². The topological polar surface area (TPSA) is 13.1 Å². The fourth-order valence-electron chi connectivity index (χ4n) is 4.26. The van der Waals surface area contributed by atoms with Gasteiger partial charge in [-0.25, -0.2) is 0 Å². The molecule has 0 atom stereocenters. The molecule has 1 aromatic heterocycles. The summed E-state index contributed by atoms with van der Waals surface area (Å²) in [6.07, 6.45) is 0. The third-order valence-electron chi connectivity index (χ3n) is 5.31. The third-order valence-corrected chi connectivity index (χ3v) is 5.63. The third kappa shape index (κ3) is 1.71. The van der Waals surface area contributed by atoms with Gasteiger partial charge in [0.1, 0.15) is 11.2 Å². The lowest BCUT2D eigenvalue weighted by Gasteiger charge is -2.12. The maximum atomic E-state index is 6.72. The standard InChI is InChI=1S/C24H13ClO/c25-19-10-5-9-16-14-6-1-2-7-15(14)17-12-13-21-23(24(17)22(16)19)18-8-3-4-11-20(18)26-21/h1-13H. The Morgan fingerprint density at radius 2 is 1.12 bits per heavy atom. The Bertz CT molecular complexity index is 1490. The van der Waals surface area contributed by atoms with Gasteiger partial charge < -0.3 is 4.42 Å². The van der Waals surface area contributed by atoms with Crippen molar-refractivity contribution in [3.8, 4) is 0 Å². The van der Waals surface area contributed by atoms with Crippen LogP contribution in [-0.4, -0.2) is 0 Å². The highest BCUT2D eigenvalue weighted by molar-refractivity contribution is 6.43. The van der Waals surface area contributed by atoms with Gasteiger partial charge in [-0.2, -0.15) is 0 Å². The van der Waals surface area contributed by atoms with Crippen molar-refractivity contribution < 1.29 is 4.42 Å². The minimum absolute atomic E-state index is 0.774. The largest absolute Gasteiger partial charge is 0.456 e. The molecule has 2 heteroatoms. The molecule has 1 heterocycles. The molecule has 0 amide bonds. The molecule has 0 radical (unpaired) electrons. The second-order valence-electron chi connectivity index (χ2n) is 6.67. The zero-order valence-electron chi connectivity index (χ0n) is 13.8. The Kier molecular flexibility index (Phi) is 2.72. The van der Waals surface area contributed by atoms with Crippen molar-refractivity contribution in [3.05, 3.63) is 83.9 Å². The van der Waals surface area contributed by atoms with Gasteiger partial charge in [-0.3, -0.25) is 0 Å². The first kappa shape index (κ1) is 14.2. The van der Waals surface area contributed by atoms with Crippen LogP contribution in [0.15, 0.2) is 83.3 Å². The van der Waals surface area contributed by atoms with Gasteiger partial charge in [0.25, 0.3) is 0 Å². The molecule has 0 fully saturated rings. The molecule has 5 aromatic carbocycles. The Morgan fingerprint density at radius 1 is 0.462 bits per heavy atom. The van der Waals surface area contributed by atoms with E-state index < -0.39 is 0 Å². The van der Waals surface area contributed by atoms with E-state index in [1.165, 1.54) is 26.9 Å². The summed E-state index contributed by atoms with van der Waals surface area (Å²) in [5.41, 5.74) is 1.80. The van der Waals surface area contributed by atoms with Crippen LogP contribution in [0.1, 0.15) is 0 Å². The monoisotopic (exact) mass is 352 g/mol. The second-order valence-corrected chi connectivity index (χ2v) is 7.07. The number of rotatable bonds is 0. The average molecular weight is 353 g/mol. The molecule has 0 aliphatic rings. The quantitative estimate of drug-likeness (QED) is 0.255. The van der Waals surface area contributed by atoms with Crippen molar-refractivity contribution in [1.82, 2.24) is 0 Å². The second kappa shape index (κ2) is 5.00. The fourth-order valence-corrected chi connectivity index (χ4v) is 4.53. The van der Waals surface area contributed by atoms with Crippen LogP contribution < -0.4 is 0 Å². The van der Waals surface area contributed by atoms with Crippen molar-refractivity contribution in [2.75, 3.05) is 0 Å². The molecule has 122 valence electrons. The summed E-state index contributed by atoms with van der Waals surface area (Å²) in [6, 6.07) is 27.1. The van der Waals surface area contributed by atoms with Crippen molar-refractivity contribution >= 4 is 65.9 Å². The Balaban J connectivity index is 2.08. The molecule has 0 unspecified atom stereocenters. The van der Waals surface area contributed by atoms with Gasteiger partial charge in [0.15, 0.2) is 0 Å². The van der Waals surface area contributed by atoms with Crippen LogP contribution in [0.4, 0.5) is 0 Å². The highest BCUT2D eigenvalue weighted by Crippen LogP contribution is 2.44. The first-order valence-electron chi connectivity index (χ1n) is 8.66. The smallest absolute Gasteiger partial charge is 0.136 e. The zero-order chi connectivity index (χ0) is 17.3. The number of para-hydroxylation sites is 1. The minimum Gasteiger partial charge on any atom is -0.456 e. The Morgan fingerprint density at radius 3 is 1.92 bits per heavy atom. The first-order valence-corrected chi connectivity index (χ1v) is 9.03. The van der Waals surface area contributed by atoms with E-state index in [1.807, 2.05) is 24.3 Å². The van der Waals surface area contributed by atoms with E-state index in [1.54, 1.807) is 0 Å². The van der Waals surface area contributed by atoms with Gasteiger partial charge in [0.2, 0.25) is 0 Å². The highest BCUT2D eigenvalue weighted by Gasteiger charge is 2.16. The van der Waals surface area contributed by atoms with E-state index in [2.05, 4.69) is 54.6 Å². The van der Waals surface area contributed by atoms with Crippen molar-refractivity contribution in [2.45, 2.75) is 0 Å². The van der Waals surface area contributed by atoms with Crippen molar-refractivity contribution in [3.63, 3.8) is 0 Å². The van der Waals surface area contributed by atoms with Gasteiger partial charge in [0, 0.05) is 26.6 Å². The molecule has 1 nitrogen and oxygen atoms in total. The molecular weight excluding hydrogens is 340 g/mol. The first-order chi connectivity index (χ1) is 12.8. The van der Waals surface area contributed by atoms with Crippen molar-refractivity contribution in [2.24, 2.45) is 0 Å². The van der Waals surface area contributed by atoms with Gasteiger partial charge in [-0.05, 0) is 45.8 Å². The lowest BCUT2D eigenvalue weighted by atomic mass is 9.92. The zero-order valence-corrected chi connectivity index (χ0v) is 14.5. The number of fused-ring (bicyclic) bond motifs is 10. The molecule has 6 rings (SSSR count). The predicted molar refractivity (Wildman–Crippen MR) is 111 cm³/mol. The van der Waals surface area contributed by atoms with Crippen LogP contribution in [0.2, 0.25) is 5.02 Å². The lowest BCUT2D eigenvalue weighted by Crippen LogP contribution is -1.85. The van der Waals surface area contributed by atoms with E-state index in [0.29, 0.717) is 0 Å². The predicted octanol–water partition coefficient (Wildman–Crippen LogP) is 7.70. The van der Waals surface area contributed by atoms with Crippen LogP contribution in [-0.2, 0) is 0 Å². The van der Waals surface area contributed by atoms with Gasteiger partial charge in [-0.15, -0.1) is 0 Å². The molecule has 0 aliphatic carbocycles. The van der Waals surface area contributed by atoms with E-state index in [9.17, 15) is 0 Å². The molecule has 0 saturated carbocycles. The molecule has 0 spiro atoms. The van der Waals surface area contributed by atoms with Gasteiger partial charge in [0.05, 0.1) is 0 Å². The van der Waals surface area contributed by atoms with Crippen LogP contribution in [0.5, 0.6) is 0 Å². The van der Waals surface area contributed by atoms with Crippen LogP contribution >= 0.6 is 11.6 Å². The Hall–Kier alpha value is -3.03. The number of halogens is 1. The van der Waals surface area contributed by atoms with Crippen LogP contribution in [0.25, 0.3) is 54.3 Å². The van der Waals surface area contributed by atoms with E-state index in [4.69, 9.17) is 16.0 Å². The maximum absolute atomic E-state index is 6.72. The summed E-state index contributed by atoms with van der Waals surface area (Å²) in [4.78, 5) is 0. The lowest BCUT2D eigenvalue weighted by molar-refractivity contribution is 0.669. The minimum atomic E-state index is 0.774. The summed E-state index contributed by atoms with van der Waals surface area (Å²) in [5.74, 6) is 0. The van der Waals surface area contributed by atoms with E-state index in [-0.39, 0.29) is 0 Å². The number of hydrogen-bond acceptors (Lipinski definition) is 1. The molecule has 0 saturated heterocycles. The van der Waals surface area contributed by atoms with Crippen molar-refractivity contribution in [1.29, 1.82) is 0 Å². The molecular formula is C24H13ClO. The van der Waals surface area contributed by atoms with Gasteiger partial charge >= 0.3 is 0 Å². The summed E-state index contributed by atoms with van der Waals surface area (Å²) in [5, 5.41) is 10.2. The molecule has 6 aromatic rings. The highest BCUT2D eigenvalue weighted by atomic mass is 35.5. The van der Waals surface area contributed by atoms with E-state index in [0.717, 1.165) is 32.3 Å². The van der Waals surface area contributed by atoms with Gasteiger partial charge in [-0.1, -0.05) is 66.2 Å². The van der Waals surface area contributed by atoms with E-state index >= 15 is 0 Å². The molecule has 0 N–H and O–H groups in total. The Labute approximate surface area is 154 Å². The fraction of sp³-hybridized carbons (Fsp3) is 0. The number of furan rings is 1. The summed E-state index contributed by atoms with van der Waals surface area (Å²) >= 11 is 6.72. The summed E-state index contributed by atoms with van der Waals surface area (Å²) in [7, 11) is 0. The maximum Gasteiger partial charge on any atom is 0.136 e. The normalized spacial score (nSPS) is 12.0. The number of hydrogen-bond donors (Lipinski definition) is 0. The SMILES string of the molecule is Clc1cccc2c3ccccc3c3ccc4oc5ccccc5c4c3c12. The van der Waals surface area contributed by atoms with Crippen LogP contribution in [0.3, 0.4) is 0 Å². The summed E-state index contributed by atoms with van der Waals surface area (Å²) in [6.45, 7) is 0. The average Bonchev–Trinajstić information content (AvgIpc) is 3.07.